The van der Waals surface area contributed by atoms with Gasteiger partial charge in [0.15, 0.2) is 17.4 Å². The van der Waals surface area contributed by atoms with Gasteiger partial charge in [-0.05, 0) is 43.0 Å². The van der Waals surface area contributed by atoms with E-state index < -0.39 is 11.8 Å². The van der Waals surface area contributed by atoms with E-state index in [1.54, 1.807) is 13.0 Å². The molecule has 30 heavy (non-hydrogen) atoms. The summed E-state index contributed by atoms with van der Waals surface area (Å²) in [6.07, 6.45) is 15.6. The highest BCUT2D eigenvalue weighted by Gasteiger charge is 2.16. The SMILES string of the molecule is CCCCCCCCCCc1cnc(-c2ccc(OC(=O)C(C)CC)c(F)c2)nc1. The molecule has 1 unspecified atom stereocenters. The Kier molecular flexibility index (Phi) is 10.5. The van der Waals surface area contributed by atoms with Gasteiger partial charge in [0.1, 0.15) is 0 Å². The van der Waals surface area contributed by atoms with Crippen LogP contribution in [0.1, 0.15) is 84.1 Å². The molecule has 0 radical (unpaired) electrons. The smallest absolute Gasteiger partial charge is 0.314 e. The van der Waals surface area contributed by atoms with Crippen LogP contribution < -0.4 is 4.74 Å². The van der Waals surface area contributed by atoms with Crippen molar-refractivity contribution in [1.29, 1.82) is 0 Å². The molecule has 0 bridgehead atoms. The Morgan fingerprint density at radius 2 is 1.63 bits per heavy atom. The van der Waals surface area contributed by atoms with Crippen molar-refractivity contribution < 1.29 is 13.9 Å². The average molecular weight is 415 g/mol. The van der Waals surface area contributed by atoms with E-state index in [9.17, 15) is 9.18 Å². The van der Waals surface area contributed by atoms with Crippen LogP contribution in [0.4, 0.5) is 4.39 Å². The number of hydrogen-bond donors (Lipinski definition) is 0. The number of hydrogen-bond acceptors (Lipinski definition) is 4. The normalized spacial score (nSPS) is 12.0. The number of esters is 1. The van der Waals surface area contributed by atoms with Gasteiger partial charge in [-0.1, -0.05) is 65.7 Å². The van der Waals surface area contributed by atoms with Gasteiger partial charge >= 0.3 is 5.97 Å². The minimum Gasteiger partial charge on any atom is -0.423 e. The topological polar surface area (TPSA) is 52.1 Å². The third-order valence-corrected chi connectivity index (χ3v) is 5.44. The highest BCUT2D eigenvalue weighted by atomic mass is 19.1. The summed E-state index contributed by atoms with van der Waals surface area (Å²) >= 11 is 0. The van der Waals surface area contributed by atoms with Crippen LogP contribution in [0.3, 0.4) is 0 Å². The van der Waals surface area contributed by atoms with Crippen molar-refractivity contribution in [2.75, 3.05) is 0 Å². The molecule has 1 atom stereocenters. The zero-order chi connectivity index (χ0) is 21.8. The summed E-state index contributed by atoms with van der Waals surface area (Å²) < 4.78 is 19.5. The standard InChI is InChI=1S/C25H35FN2O2/c1-4-6-7-8-9-10-11-12-13-20-17-27-24(28-18-20)21-14-15-23(22(26)16-21)30-25(29)19(3)5-2/h14-19H,4-13H2,1-3H3. The Morgan fingerprint density at radius 1 is 1.00 bits per heavy atom. The average Bonchev–Trinajstić information content (AvgIpc) is 2.76. The summed E-state index contributed by atoms with van der Waals surface area (Å²) in [5.74, 6) is -0.869. The van der Waals surface area contributed by atoms with Crippen molar-refractivity contribution in [3.63, 3.8) is 0 Å². The summed E-state index contributed by atoms with van der Waals surface area (Å²) in [5.41, 5.74) is 1.67. The number of ether oxygens (including phenoxy) is 1. The number of aryl methyl sites for hydroxylation is 1. The van der Waals surface area contributed by atoms with Gasteiger partial charge < -0.3 is 4.74 Å². The molecule has 0 saturated heterocycles. The monoisotopic (exact) mass is 414 g/mol. The second kappa shape index (κ2) is 13.1. The quantitative estimate of drug-likeness (QED) is 0.203. The van der Waals surface area contributed by atoms with E-state index in [1.165, 1.54) is 57.1 Å². The summed E-state index contributed by atoms with van der Waals surface area (Å²) in [7, 11) is 0. The molecular formula is C25H35FN2O2. The molecule has 0 saturated carbocycles. The third-order valence-electron chi connectivity index (χ3n) is 5.44. The second-order valence-corrected chi connectivity index (χ2v) is 8.02. The minimum atomic E-state index is -0.587. The first-order chi connectivity index (χ1) is 14.5. The van der Waals surface area contributed by atoms with Crippen molar-refractivity contribution in [3.05, 3.63) is 42.0 Å². The van der Waals surface area contributed by atoms with Crippen LogP contribution in [0.15, 0.2) is 30.6 Å². The number of unbranched alkanes of at least 4 members (excludes halogenated alkanes) is 7. The molecule has 5 heteroatoms. The Bertz CT molecular complexity index is 777. The molecule has 0 spiro atoms. The van der Waals surface area contributed by atoms with Gasteiger partial charge in [-0.15, -0.1) is 0 Å². The van der Waals surface area contributed by atoms with Crippen LogP contribution in [0, 0.1) is 11.7 Å². The van der Waals surface area contributed by atoms with Crippen LogP contribution in [-0.4, -0.2) is 15.9 Å². The van der Waals surface area contributed by atoms with E-state index in [4.69, 9.17) is 4.74 Å². The predicted molar refractivity (Wildman–Crippen MR) is 119 cm³/mol. The lowest BCUT2D eigenvalue weighted by Gasteiger charge is -2.10. The van der Waals surface area contributed by atoms with E-state index in [0.717, 1.165) is 18.4 Å². The van der Waals surface area contributed by atoms with Gasteiger partial charge in [0.05, 0.1) is 5.92 Å². The van der Waals surface area contributed by atoms with Gasteiger partial charge in [-0.3, -0.25) is 4.79 Å². The lowest BCUT2D eigenvalue weighted by atomic mass is 10.1. The molecule has 2 rings (SSSR count). The first-order valence-corrected chi connectivity index (χ1v) is 11.4. The van der Waals surface area contributed by atoms with Crippen molar-refractivity contribution >= 4 is 5.97 Å². The number of halogens is 1. The molecule has 164 valence electrons. The Hall–Kier alpha value is -2.30. The summed E-state index contributed by atoms with van der Waals surface area (Å²) in [5, 5.41) is 0. The number of rotatable bonds is 13. The largest absolute Gasteiger partial charge is 0.423 e. The van der Waals surface area contributed by atoms with Gasteiger partial charge in [0.2, 0.25) is 0 Å². The van der Waals surface area contributed by atoms with E-state index in [-0.39, 0.29) is 11.7 Å². The van der Waals surface area contributed by atoms with Gasteiger partial charge in [0.25, 0.3) is 0 Å². The van der Waals surface area contributed by atoms with E-state index in [1.807, 2.05) is 19.3 Å². The molecule has 2 aromatic rings. The first-order valence-electron chi connectivity index (χ1n) is 11.4. The van der Waals surface area contributed by atoms with E-state index in [2.05, 4.69) is 16.9 Å². The number of aromatic nitrogens is 2. The number of benzene rings is 1. The summed E-state index contributed by atoms with van der Waals surface area (Å²) in [4.78, 5) is 20.6. The number of nitrogens with zero attached hydrogens (tertiary/aromatic N) is 2. The summed E-state index contributed by atoms with van der Waals surface area (Å²) in [6.45, 7) is 5.89. The highest BCUT2D eigenvalue weighted by molar-refractivity contribution is 5.75. The van der Waals surface area contributed by atoms with Crippen LogP contribution in [0.25, 0.3) is 11.4 Å². The molecule has 1 heterocycles. The summed E-state index contributed by atoms with van der Waals surface area (Å²) in [6, 6.07) is 4.45. The predicted octanol–water partition coefficient (Wildman–Crippen LogP) is 6.92. The maximum atomic E-state index is 14.3. The zero-order valence-corrected chi connectivity index (χ0v) is 18.6. The first kappa shape index (κ1) is 24.0. The van der Waals surface area contributed by atoms with Crippen molar-refractivity contribution in [1.82, 2.24) is 9.97 Å². The van der Waals surface area contributed by atoms with Crippen molar-refractivity contribution in [2.24, 2.45) is 5.92 Å². The molecule has 4 nitrogen and oxygen atoms in total. The Balaban J connectivity index is 1.83. The van der Waals surface area contributed by atoms with Gasteiger partial charge in [0, 0.05) is 18.0 Å². The molecule has 0 amide bonds. The number of carbonyl (C=O) groups excluding carboxylic acids is 1. The molecule has 1 aromatic carbocycles. The highest BCUT2D eigenvalue weighted by Crippen LogP contribution is 2.24. The number of carbonyl (C=O) groups is 1. The molecule has 0 aliphatic heterocycles. The molecule has 0 fully saturated rings. The van der Waals surface area contributed by atoms with Crippen molar-refractivity contribution in [3.8, 4) is 17.1 Å². The Labute approximate surface area is 180 Å². The fourth-order valence-electron chi connectivity index (χ4n) is 3.19. The minimum absolute atomic E-state index is 0.0598. The van der Waals surface area contributed by atoms with Crippen molar-refractivity contribution in [2.45, 2.75) is 85.0 Å². The van der Waals surface area contributed by atoms with Crippen LogP contribution in [-0.2, 0) is 11.2 Å². The van der Waals surface area contributed by atoms with Crippen LogP contribution in [0.2, 0.25) is 0 Å². The third kappa shape index (κ3) is 7.85. The molecular weight excluding hydrogens is 379 g/mol. The maximum Gasteiger partial charge on any atom is 0.314 e. The van der Waals surface area contributed by atoms with E-state index >= 15 is 0 Å². The van der Waals surface area contributed by atoms with Crippen LogP contribution in [0.5, 0.6) is 5.75 Å². The second-order valence-electron chi connectivity index (χ2n) is 8.02. The molecule has 0 aliphatic rings. The molecule has 0 aliphatic carbocycles. The van der Waals surface area contributed by atoms with Gasteiger partial charge in [-0.25, -0.2) is 14.4 Å². The van der Waals surface area contributed by atoms with Gasteiger partial charge in [-0.2, -0.15) is 0 Å². The fraction of sp³-hybridized carbons (Fsp3) is 0.560. The molecule has 0 N–H and O–H groups in total. The fourth-order valence-corrected chi connectivity index (χ4v) is 3.19. The lowest BCUT2D eigenvalue weighted by Crippen LogP contribution is -2.17. The Morgan fingerprint density at radius 3 is 2.23 bits per heavy atom. The molecule has 1 aromatic heterocycles. The zero-order valence-electron chi connectivity index (χ0n) is 18.6. The lowest BCUT2D eigenvalue weighted by molar-refractivity contribution is -0.138. The van der Waals surface area contributed by atoms with Crippen LogP contribution >= 0.6 is 0 Å². The van der Waals surface area contributed by atoms with E-state index in [0.29, 0.717) is 17.8 Å². The maximum absolute atomic E-state index is 14.3.